The number of hydrogen-bond donors (Lipinski definition) is 2. The molecule has 2 aliphatic rings. The zero-order valence-corrected chi connectivity index (χ0v) is 28.3. The van der Waals surface area contributed by atoms with Gasteiger partial charge in [0.2, 0.25) is 0 Å². The maximum atomic E-state index is 12.2. The molecule has 6 nitrogen and oxygen atoms in total. The Morgan fingerprint density at radius 3 is 2.32 bits per heavy atom. The second-order valence-corrected chi connectivity index (χ2v) is 25.5. The third-order valence-electron chi connectivity index (χ3n) is 9.61. The highest BCUT2D eigenvalue weighted by molar-refractivity contribution is 6.76. The van der Waals surface area contributed by atoms with E-state index in [9.17, 15) is 10.2 Å². The molecule has 8 heteroatoms. The molecule has 0 spiro atoms. The Morgan fingerprint density at radius 2 is 1.76 bits per heavy atom. The maximum absolute atomic E-state index is 12.2. The molecule has 38 heavy (non-hydrogen) atoms. The van der Waals surface area contributed by atoms with E-state index >= 15 is 0 Å². The Morgan fingerprint density at radius 1 is 1.16 bits per heavy atom. The van der Waals surface area contributed by atoms with E-state index in [-0.39, 0.29) is 36.2 Å². The lowest BCUT2D eigenvalue weighted by molar-refractivity contribution is -0.210. The predicted molar refractivity (Wildman–Crippen MR) is 161 cm³/mol. The molecular weight excluding hydrogens is 512 g/mol. The van der Waals surface area contributed by atoms with Gasteiger partial charge in [-0.2, -0.15) is 0 Å². The molecule has 2 N–H and O–H groups in total. The molecule has 1 saturated heterocycles. The highest BCUT2D eigenvalue weighted by Crippen LogP contribution is 2.61. The Kier molecular flexibility index (Phi) is 10.9. The van der Waals surface area contributed by atoms with E-state index in [1.807, 2.05) is 0 Å². The molecule has 1 aliphatic carbocycles. The first-order chi connectivity index (χ1) is 17.2. The van der Waals surface area contributed by atoms with Crippen LogP contribution in [0.15, 0.2) is 24.3 Å². The maximum Gasteiger partial charge on any atom is 0.191 e. The molecular formula is C30H58O6Si2. The number of fused-ring (bicyclic) bond motifs is 2. The first-order valence-corrected chi connectivity index (χ1v) is 21.0. The number of ether oxygens (including phenoxy) is 3. The van der Waals surface area contributed by atoms with Crippen molar-refractivity contribution in [1.82, 2.24) is 0 Å². The van der Waals surface area contributed by atoms with Gasteiger partial charge < -0.3 is 28.8 Å². The second kappa shape index (κ2) is 12.3. The molecule has 2 bridgehead atoms. The van der Waals surface area contributed by atoms with Gasteiger partial charge in [0.1, 0.15) is 12.4 Å². The minimum Gasteiger partial charge on any atom is -0.417 e. The molecule has 2 rings (SSSR count). The van der Waals surface area contributed by atoms with Gasteiger partial charge in [-0.25, -0.2) is 0 Å². The minimum absolute atomic E-state index is 0.0295. The Balaban J connectivity index is 2.23. The van der Waals surface area contributed by atoms with Crippen LogP contribution in [0, 0.1) is 23.2 Å². The van der Waals surface area contributed by atoms with Crippen LogP contribution in [0.4, 0.5) is 0 Å². The third kappa shape index (κ3) is 7.30. The van der Waals surface area contributed by atoms with Gasteiger partial charge in [-0.15, -0.1) is 0 Å². The highest BCUT2D eigenvalue weighted by Gasteiger charge is 2.67. The van der Waals surface area contributed by atoms with E-state index in [0.29, 0.717) is 19.6 Å². The number of rotatable bonds is 14. The van der Waals surface area contributed by atoms with Crippen LogP contribution in [0.5, 0.6) is 0 Å². The first-order valence-electron chi connectivity index (χ1n) is 14.4. The summed E-state index contributed by atoms with van der Waals surface area (Å²) >= 11 is 0. The van der Waals surface area contributed by atoms with Gasteiger partial charge in [-0.05, 0) is 48.5 Å². The van der Waals surface area contributed by atoms with Crippen molar-refractivity contribution in [1.29, 1.82) is 0 Å². The summed E-state index contributed by atoms with van der Waals surface area (Å²) in [6, 6.07) is 1.09. The fraction of sp³-hybridized carbons (Fsp3) is 0.867. The summed E-state index contributed by atoms with van der Waals surface area (Å²) in [5, 5.41) is 23.1. The quantitative estimate of drug-likeness (QED) is 0.106. The molecule has 0 radical (unpaired) electrons. The van der Waals surface area contributed by atoms with Crippen molar-refractivity contribution in [3.05, 3.63) is 24.3 Å². The van der Waals surface area contributed by atoms with Crippen LogP contribution >= 0.6 is 0 Å². The lowest BCUT2D eigenvalue weighted by atomic mass is 9.56. The monoisotopic (exact) mass is 570 g/mol. The van der Waals surface area contributed by atoms with Crippen LogP contribution in [0.1, 0.15) is 54.4 Å². The second-order valence-electron chi connectivity index (χ2n) is 15.1. The average molecular weight is 571 g/mol. The average Bonchev–Trinajstić information content (AvgIpc) is 2.85. The van der Waals surface area contributed by atoms with Crippen molar-refractivity contribution in [3.63, 3.8) is 0 Å². The first kappa shape index (κ1) is 33.9. The molecule has 0 aromatic heterocycles. The van der Waals surface area contributed by atoms with E-state index in [2.05, 4.69) is 87.4 Å². The van der Waals surface area contributed by atoms with E-state index in [1.54, 1.807) is 0 Å². The minimum atomic E-state index is -1.99. The molecule has 0 amide bonds. The van der Waals surface area contributed by atoms with Crippen molar-refractivity contribution in [2.45, 2.75) is 116 Å². The summed E-state index contributed by atoms with van der Waals surface area (Å²) in [7, 11) is -3.15. The molecule has 222 valence electrons. The van der Waals surface area contributed by atoms with Crippen molar-refractivity contribution in [2.75, 3.05) is 26.6 Å². The summed E-state index contributed by atoms with van der Waals surface area (Å²) in [4.78, 5) is 0. The van der Waals surface area contributed by atoms with Crippen LogP contribution in [-0.2, 0) is 18.6 Å². The molecule has 1 aliphatic heterocycles. The summed E-state index contributed by atoms with van der Waals surface area (Å²) < 4.78 is 24.5. The van der Waals surface area contributed by atoms with Gasteiger partial charge in [-0.1, -0.05) is 79.9 Å². The van der Waals surface area contributed by atoms with Gasteiger partial charge >= 0.3 is 0 Å². The SMILES string of the molecule is C=C(COCOCC[Si](C)(C)C)[C@H]([C@H](C)CO[Si](C)(C)C(C)(C)C)[C@H](O)[C@@]12CCC(=C)[C@@H](C(O)O1)C2(C)C. The van der Waals surface area contributed by atoms with Crippen LogP contribution < -0.4 is 0 Å². The molecule has 1 heterocycles. The predicted octanol–water partition coefficient (Wildman–Crippen LogP) is 6.59. The lowest BCUT2D eigenvalue weighted by Crippen LogP contribution is -2.59. The van der Waals surface area contributed by atoms with Crippen LogP contribution in [0.3, 0.4) is 0 Å². The van der Waals surface area contributed by atoms with Gasteiger partial charge in [0, 0.05) is 38.5 Å². The van der Waals surface area contributed by atoms with Crippen molar-refractivity contribution in [2.24, 2.45) is 23.2 Å². The number of aliphatic hydroxyl groups excluding tert-OH is 2. The lowest BCUT2D eigenvalue weighted by Gasteiger charge is -2.51. The zero-order chi connectivity index (χ0) is 29.3. The summed E-state index contributed by atoms with van der Waals surface area (Å²) in [5.74, 6) is -0.578. The molecule has 2 fully saturated rings. The summed E-state index contributed by atoms with van der Waals surface area (Å²) in [5.41, 5.74) is 0.394. The van der Waals surface area contributed by atoms with E-state index in [1.165, 1.54) is 0 Å². The number of aliphatic hydroxyl groups is 2. The van der Waals surface area contributed by atoms with Gasteiger partial charge in [-0.3, -0.25) is 0 Å². The van der Waals surface area contributed by atoms with E-state index in [4.69, 9.17) is 18.6 Å². The molecule has 1 saturated carbocycles. The largest absolute Gasteiger partial charge is 0.417 e. The standard InChI is InChI=1S/C30H58O6Si2/c1-21-14-15-30(29(7,8)25(21)27(32)36-30)26(31)24(23(3)19-35-38(12,13)28(4,5)6)22(2)18-34-20-33-16-17-37(9,10)11/h23-27,31-32H,1-2,14-20H2,3-13H3/t23-,24-,25+,26+,27?,30-/m1/s1. The molecule has 0 aromatic rings. The van der Waals surface area contributed by atoms with E-state index in [0.717, 1.165) is 23.6 Å². The Bertz CT molecular complexity index is 828. The summed E-state index contributed by atoms with van der Waals surface area (Å²) in [6.07, 6.45) is -0.531. The third-order valence-corrected chi connectivity index (χ3v) is 15.8. The fourth-order valence-corrected chi connectivity index (χ4v) is 7.77. The number of hydrogen-bond acceptors (Lipinski definition) is 6. The molecule has 0 aromatic carbocycles. The van der Waals surface area contributed by atoms with E-state index < -0.39 is 39.8 Å². The highest BCUT2D eigenvalue weighted by atomic mass is 28.4. The smallest absolute Gasteiger partial charge is 0.191 e. The van der Waals surface area contributed by atoms with Gasteiger partial charge in [0.15, 0.2) is 14.6 Å². The Labute approximate surface area is 235 Å². The topological polar surface area (TPSA) is 77.4 Å². The molecule has 1 unspecified atom stereocenters. The van der Waals surface area contributed by atoms with Crippen LogP contribution in [0.25, 0.3) is 0 Å². The van der Waals surface area contributed by atoms with Gasteiger partial charge in [0.05, 0.1) is 12.7 Å². The van der Waals surface area contributed by atoms with Crippen LogP contribution in [0.2, 0.25) is 43.8 Å². The van der Waals surface area contributed by atoms with Crippen molar-refractivity contribution in [3.8, 4) is 0 Å². The Hall–Kier alpha value is -0.326. The normalized spacial score (nSPS) is 28.3. The zero-order valence-electron chi connectivity index (χ0n) is 26.3. The summed E-state index contributed by atoms with van der Waals surface area (Å²) in [6.45, 7) is 34.8. The van der Waals surface area contributed by atoms with Crippen LogP contribution in [-0.4, -0.2) is 71.2 Å². The van der Waals surface area contributed by atoms with Crippen molar-refractivity contribution < 1.29 is 28.8 Å². The fourth-order valence-electron chi connectivity index (χ4n) is 5.90. The molecule has 6 atom stereocenters. The van der Waals surface area contributed by atoms with Crippen molar-refractivity contribution >= 4 is 16.4 Å². The van der Waals surface area contributed by atoms with Gasteiger partial charge in [0.25, 0.3) is 0 Å².